The van der Waals surface area contributed by atoms with Gasteiger partial charge in [0, 0.05) is 17.8 Å². The fraction of sp³-hybridized carbons (Fsp3) is 0.471. The Hall–Kier alpha value is -1.39. The molecule has 0 unspecified atom stereocenters. The van der Waals surface area contributed by atoms with E-state index in [-0.39, 0.29) is 0 Å². The number of ether oxygens (including phenoxy) is 1. The molecule has 0 amide bonds. The van der Waals surface area contributed by atoms with Crippen LogP contribution < -0.4 is 10.1 Å². The summed E-state index contributed by atoms with van der Waals surface area (Å²) in [6, 6.07) is 4.36. The van der Waals surface area contributed by atoms with E-state index in [1.807, 2.05) is 7.05 Å². The molecule has 1 aromatic carbocycles. The topological polar surface area (TPSA) is 34.1 Å². The molecule has 1 N–H and O–H groups in total. The first kappa shape index (κ1) is 16.0. The average molecular weight is 304 g/mol. The Kier molecular flexibility index (Phi) is 5.37. The van der Waals surface area contributed by atoms with Crippen LogP contribution in [0.3, 0.4) is 0 Å². The normalized spacial score (nSPS) is 11.1. The van der Waals surface area contributed by atoms with Gasteiger partial charge in [-0.2, -0.15) is 0 Å². The molecule has 0 bridgehead atoms. The summed E-state index contributed by atoms with van der Waals surface area (Å²) in [7, 11) is 1.96. The quantitative estimate of drug-likeness (QED) is 0.869. The van der Waals surface area contributed by atoms with Crippen molar-refractivity contribution in [2.45, 2.75) is 46.8 Å². The number of nitrogens with one attached hydrogen (secondary N) is 1. The van der Waals surface area contributed by atoms with Gasteiger partial charge in [0.15, 0.2) is 0 Å². The van der Waals surface area contributed by atoms with Crippen LogP contribution in [-0.2, 0) is 13.2 Å². The van der Waals surface area contributed by atoms with Gasteiger partial charge >= 0.3 is 0 Å². The van der Waals surface area contributed by atoms with Crippen LogP contribution in [0.2, 0.25) is 0 Å². The number of hydrogen-bond donors (Lipinski definition) is 1. The predicted molar refractivity (Wildman–Crippen MR) is 89.2 cm³/mol. The monoisotopic (exact) mass is 304 g/mol. The number of benzene rings is 1. The van der Waals surface area contributed by atoms with Gasteiger partial charge in [-0.3, -0.25) is 0 Å². The lowest BCUT2D eigenvalue weighted by Gasteiger charge is -2.13. The fourth-order valence-corrected chi connectivity index (χ4v) is 3.19. The third-order valence-electron chi connectivity index (χ3n) is 3.33. The minimum Gasteiger partial charge on any atom is -0.487 e. The van der Waals surface area contributed by atoms with Gasteiger partial charge in [-0.25, -0.2) is 4.98 Å². The van der Waals surface area contributed by atoms with E-state index in [1.165, 1.54) is 21.7 Å². The number of rotatable bonds is 6. The van der Waals surface area contributed by atoms with Crippen LogP contribution in [0.15, 0.2) is 17.5 Å². The van der Waals surface area contributed by atoms with Crippen molar-refractivity contribution in [3.05, 3.63) is 44.9 Å². The summed E-state index contributed by atoms with van der Waals surface area (Å²) in [5.41, 5.74) is 4.66. The summed E-state index contributed by atoms with van der Waals surface area (Å²) < 4.78 is 6.00. The maximum absolute atomic E-state index is 6.00. The first-order chi connectivity index (χ1) is 10.0. The first-order valence-corrected chi connectivity index (χ1v) is 8.21. The van der Waals surface area contributed by atoms with E-state index in [0.29, 0.717) is 12.5 Å². The number of aryl methyl sites for hydroxylation is 2. The molecule has 21 heavy (non-hydrogen) atoms. The third-order valence-corrected chi connectivity index (χ3v) is 4.52. The Morgan fingerprint density at radius 1 is 1.24 bits per heavy atom. The molecule has 0 fully saturated rings. The van der Waals surface area contributed by atoms with E-state index in [4.69, 9.17) is 4.74 Å². The zero-order valence-corrected chi connectivity index (χ0v) is 14.3. The maximum atomic E-state index is 6.00. The van der Waals surface area contributed by atoms with Gasteiger partial charge in [0.25, 0.3) is 0 Å². The number of hydrogen-bond acceptors (Lipinski definition) is 4. The van der Waals surface area contributed by atoms with E-state index in [2.05, 4.69) is 55.5 Å². The lowest BCUT2D eigenvalue weighted by Crippen LogP contribution is -2.06. The van der Waals surface area contributed by atoms with E-state index < -0.39 is 0 Å². The summed E-state index contributed by atoms with van der Waals surface area (Å²) in [6.07, 6.45) is 0. The molecule has 3 nitrogen and oxygen atoms in total. The van der Waals surface area contributed by atoms with Crippen molar-refractivity contribution in [1.29, 1.82) is 0 Å². The highest BCUT2D eigenvalue weighted by Gasteiger charge is 2.09. The molecular formula is C17H24N2OS. The summed E-state index contributed by atoms with van der Waals surface area (Å²) in [5.74, 6) is 1.46. The van der Waals surface area contributed by atoms with Gasteiger partial charge in [-0.15, -0.1) is 11.3 Å². The van der Waals surface area contributed by atoms with Crippen molar-refractivity contribution < 1.29 is 4.74 Å². The molecule has 114 valence electrons. The summed E-state index contributed by atoms with van der Waals surface area (Å²) in [5, 5.41) is 6.44. The van der Waals surface area contributed by atoms with Crippen LogP contribution in [0.25, 0.3) is 0 Å². The fourth-order valence-electron chi connectivity index (χ4n) is 2.37. The van der Waals surface area contributed by atoms with Gasteiger partial charge in [-0.05, 0) is 37.6 Å². The average Bonchev–Trinajstić information content (AvgIpc) is 2.87. The smallest absolute Gasteiger partial charge is 0.131 e. The van der Waals surface area contributed by atoms with Gasteiger partial charge < -0.3 is 10.1 Å². The van der Waals surface area contributed by atoms with Crippen LogP contribution in [0.4, 0.5) is 0 Å². The molecule has 2 rings (SSSR count). The Morgan fingerprint density at radius 2 is 1.90 bits per heavy atom. The molecule has 2 aromatic rings. The number of nitrogens with zero attached hydrogens (tertiary/aromatic N) is 1. The van der Waals surface area contributed by atoms with Crippen molar-refractivity contribution in [1.82, 2.24) is 10.3 Å². The van der Waals surface area contributed by atoms with Crippen molar-refractivity contribution in [3.8, 4) is 5.75 Å². The van der Waals surface area contributed by atoms with Crippen molar-refractivity contribution >= 4 is 11.3 Å². The SMILES string of the molecule is CNCc1cc(C)c(OCc2csc(C(C)C)n2)c(C)c1. The standard InChI is InChI=1S/C17H24N2OS/c1-11(2)17-19-15(10-21-17)9-20-16-12(3)6-14(8-18-5)7-13(16)4/h6-7,10-11,18H,8-9H2,1-5H3. The molecule has 0 radical (unpaired) electrons. The van der Waals surface area contributed by atoms with E-state index in [1.54, 1.807) is 11.3 Å². The maximum Gasteiger partial charge on any atom is 0.131 e. The molecule has 0 aliphatic heterocycles. The molecule has 1 heterocycles. The van der Waals surface area contributed by atoms with E-state index in [0.717, 1.165) is 18.0 Å². The van der Waals surface area contributed by atoms with Crippen molar-refractivity contribution in [2.24, 2.45) is 0 Å². The second kappa shape index (κ2) is 7.05. The summed E-state index contributed by atoms with van der Waals surface area (Å²) >= 11 is 1.71. The van der Waals surface area contributed by atoms with Crippen LogP contribution >= 0.6 is 11.3 Å². The van der Waals surface area contributed by atoms with Gasteiger partial charge in [0.2, 0.25) is 0 Å². The highest BCUT2D eigenvalue weighted by atomic mass is 32.1. The molecule has 0 atom stereocenters. The van der Waals surface area contributed by atoms with Gasteiger partial charge in [0.05, 0.1) is 10.7 Å². The highest BCUT2D eigenvalue weighted by Crippen LogP contribution is 2.26. The Balaban J connectivity index is 2.08. The van der Waals surface area contributed by atoms with Gasteiger partial charge in [-0.1, -0.05) is 26.0 Å². The molecule has 0 spiro atoms. The third kappa shape index (κ3) is 4.05. The Morgan fingerprint density at radius 3 is 2.43 bits per heavy atom. The van der Waals surface area contributed by atoms with Gasteiger partial charge in [0.1, 0.15) is 12.4 Å². The zero-order valence-electron chi connectivity index (χ0n) is 13.5. The molecule has 0 saturated heterocycles. The number of aromatic nitrogens is 1. The molecule has 0 aliphatic rings. The summed E-state index contributed by atoms with van der Waals surface area (Å²) in [6.45, 7) is 9.95. The zero-order chi connectivity index (χ0) is 15.4. The van der Waals surface area contributed by atoms with Crippen LogP contribution in [0, 0.1) is 13.8 Å². The lowest BCUT2D eigenvalue weighted by molar-refractivity contribution is 0.297. The molecule has 4 heteroatoms. The Bertz CT molecular complexity index is 582. The van der Waals surface area contributed by atoms with E-state index >= 15 is 0 Å². The predicted octanol–water partition coefficient (Wildman–Crippen LogP) is 4.18. The minimum atomic E-state index is 0.480. The molecule has 0 aliphatic carbocycles. The summed E-state index contributed by atoms with van der Waals surface area (Å²) in [4.78, 5) is 4.61. The van der Waals surface area contributed by atoms with E-state index in [9.17, 15) is 0 Å². The second-order valence-electron chi connectivity index (χ2n) is 5.71. The number of thiazole rings is 1. The lowest BCUT2D eigenvalue weighted by atomic mass is 10.1. The minimum absolute atomic E-state index is 0.480. The molecule has 0 saturated carbocycles. The molecule has 1 aromatic heterocycles. The van der Waals surface area contributed by atoms with Crippen LogP contribution in [0.5, 0.6) is 5.75 Å². The van der Waals surface area contributed by atoms with Crippen LogP contribution in [-0.4, -0.2) is 12.0 Å². The molecular weight excluding hydrogens is 280 g/mol. The first-order valence-electron chi connectivity index (χ1n) is 7.33. The van der Waals surface area contributed by atoms with Crippen LogP contribution in [0.1, 0.15) is 47.2 Å². The van der Waals surface area contributed by atoms with Crippen molar-refractivity contribution in [2.75, 3.05) is 7.05 Å². The van der Waals surface area contributed by atoms with Crippen molar-refractivity contribution in [3.63, 3.8) is 0 Å². The second-order valence-corrected chi connectivity index (χ2v) is 6.60. The Labute approximate surface area is 131 Å². The largest absolute Gasteiger partial charge is 0.487 e. The highest BCUT2D eigenvalue weighted by molar-refractivity contribution is 7.09.